The van der Waals surface area contributed by atoms with Crippen molar-refractivity contribution in [2.24, 2.45) is 0 Å². The number of aromatic amines is 2. The fraction of sp³-hybridized carbons (Fsp3) is 0.103. The summed E-state index contributed by atoms with van der Waals surface area (Å²) in [5, 5.41) is 11.0. The zero-order valence-corrected chi connectivity index (χ0v) is 21.4. The topological polar surface area (TPSA) is 126 Å². The first-order chi connectivity index (χ1) is 19.6. The van der Waals surface area contributed by atoms with Gasteiger partial charge < -0.3 is 14.9 Å². The quantitative estimate of drug-likeness (QED) is 0.268. The summed E-state index contributed by atoms with van der Waals surface area (Å²) in [6, 6.07) is 12.0. The zero-order chi connectivity index (χ0) is 27.1. The van der Waals surface area contributed by atoms with E-state index in [-0.39, 0.29) is 5.69 Å². The molecule has 3 N–H and O–H groups in total. The van der Waals surface area contributed by atoms with Gasteiger partial charge in [0.05, 0.1) is 52.7 Å². The third-order valence-electron chi connectivity index (χ3n) is 6.70. The number of hydrogen-bond acceptors (Lipinski definition) is 7. The highest BCUT2D eigenvalue weighted by Crippen LogP contribution is 2.33. The fourth-order valence-corrected chi connectivity index (χ4v) is 4.78. The van der Waals surface area contributed by atoms with Crippen molar-refractivity contribution in [3.05, 3.63) is 103 Å². The van der Waals surface area contributed by atoms with Crippen molar-refractivity contribution < 1.29 is 4.39 Å². The molecule has 7 aromatic rings. The molecule has 0 aliphatic rings. The van der Waals surface area contributed by atoms with Gasteiger partial charge in [0.15, 0.2) is 11.6 Å². The second-order valence-electron chi connectivity index (χ2n) is 9.52. The number of nitrogens with one attached hydrogen (secondary N) is 3. The van der Waals surface area contributed by atoms with E-state index in [1.807, 2.05) is 42.0 Å². The van der Waals surface area contributed by atoms with Gasteiger partial charge in [-0.3, -0.25) is 20.1 Å². The molecule has 6 aromatic heterocycles. The first kappa shape index (κ1) is 23.8. The lowest BCUT2D eigenvalue weighted by Gasteiger charge is -2.08. The summed E-state index contributed by atoms with van der Waals surface area (Å²) in [6.45, 7) is 3.22. The van der Waals surface area contributed by atoms with Crippen LogP contribution in [0.4, 0.5) is 4.39 Å². The molecule has 7 rings (SSSR count). The van der Waals surface area contributed by atoms with E-state index in [2.05, 4.69) is 52.6 Å². The molecule has 11 heteroatoms. The molecule has 0 fully saturated rings. The van der Waals surface area contributed by atoms with E-state index >= 15 is 4.39 Å². The Morgan fingerprint density at radius 2 is 1.75 bits per heavy atom. The number of aromatic nitrogens is 9. The predicted octanol–water partition coefficient (Wildman–Crippen LogP) is 4.88. The molecule has 0 aliphatic carbocycles. The van der Waals surface area contributed by atoms with Crippen LogP contribution in [-0.4, -0.2) is 44.7 Å². The number of aryl methyl sites for hydroxylation is 1. The minimum atomic E-state index is -0.499. The van der Waals surface area contributed by atoms with Crippen LogP contribution >= 0.6 is 0 Å². The van der Waals surface area contributed by atoms with Gasteiger partial charge in [0.2, 0.25) is 0 Å². The number of fused-ring (bicyclic) bond motifs is 2. The highest BCUT2D eigenvalue weighted by molar-refractivity contribution is 5.96. The van der Waals surface area contributed by atoms with Gasteiger partial charge in [0, 0.05) is 37.2 Å². The Morgan fingerprint density at radius 1 is 0.900 bits per heavy atom. The predicted molar refractivity (Wildman–Crippen MR) is 149 cm³/mol. The molecule has 1 aromatic carbocycles. The van der Waals surface area contributed by atoms with Gasteiger partial charge >= 0.3 is 0 Å². The van der Waals surface area contributed by atoms with Crippen LogP contribution in [0.1, 0.15) is 16.8 Å². The fourth-order valence-electron chi connectivity index (χ4n) is 4.78. The molecule has 0 bridgehead atoms. The van der Waals surface area contributed by atoms with Crippen molar-refractivity contribution in [1.82, 2.24) is 50.0 Å². The minimum Gasteiger partial charge on any atom is -0.335 e. The third-order valence-corrected chi connectivity index (χ3v) is 6.70. The summed E-state index contributed by atoms with van der Waals surface area (Å²) in [7, 11) is 0. The highest BCUT2D eigenvalue weighted by Gasteiger charge is 2.21. The maximum atomic E-state index is 16.1. The second kappa shape index (κ2) is 9.79. The standard InChI is InChI=1S/C29H23FN10/c1-17-15-40(16-35-17)23-14-33-12-22-27(23)37-29(36-22)28-24-21(38-39-28)13-34-26(25(24)30)20-7-19(10-32-11-20)9-31-8-18-5-3-2-4-6-18/h2-7,10-16,31H,8-9H2,1H3,(H,36,37)(H,38,39). The van der Waals surface area contributed by atoms with Crippen LogP contribution < -0.4 is 5.32 Å². The van der Waals surface area contributed by atoms with Crippen LogP contribution in [0.25, 0.3) is 50.4 Å². The Hall–Kier alpha value is -5.29. The minimum absolute atomic E-state index is 0.194. The van der Waals surface area contributed by atoms with E-state index in [4.69, 9.17) is 4.98 Å². The maximum absolute atomic E-state index is 16.1. The number of hydrogen-bond donors (Lipinski definition) is 3. The molecule has 40 heavy (non-hydrogen) atoms. The molecule has 0 aliphatic heterocycles. The van der Waals surface area contributed by atoms with Crippen LogP contribution in [0.3, 0.4) is 0 Å². The average molecular weight is 531 g/mol. The van der Waals surface area contributed by atoms with Crippen molar-refractivity contribution in [2.75, 3.05) is 0 Å². The molecule has 196 valence electrons. The number of pyridine rings is 3. The molecule has 0 spiro atoms. The van der Waals surface area contributed by atoms with E-state index in [9.17, 15) is 0 Å². The van der Waals surface area contributed by atoms with Gasteiger partial charge in [-0.25, -0.2) is 14.4 Å². The number of nitrogens with zero attached hydrogens (tertiary/aromatic N) is 7. The maximum Gasteiger partial charge on any atom is 0.161 e. The molecule has 6 heterocycles. The molecule has 10 nitrogen and oxygen atoms in total. The molecule has 0 saturated heterocycles. The first-order valence-corrected chi connectivity index (χ1v) is 12.7. The Bertz CT molecular complexity index is 1970. The summed E-state index contributed by atoms with van der Waals surface area (Å²) in [5.74, 6) is -0.0816. The summed E-state index contributed by atoms with van der Waals surface area (Å²) in [5.41, 5.74) is 6.71. The van der Waals surface area contributed by atoms with Crippen LogP contribution in [0, 0.1) is 12.7 Å². The monoisotopic (exact) mass is 530 g/mol. The van der Waals surface area contributed by atoms with Crippen LogP contribution in [0.15, 0.2) is 79.9 Å². The van der Waals surface area contributed by atoms with Crippen molar-refractivity contribution >= 4 is 21.9 Å². The Kier molecular flexibility index (Phi) is 5.82. The van der Waals surface area contributed by atoms with Gasteiger partial charge in [-0.15, -0.1) is 0 Å². The smallest absolute Gasteiger partial charge is 0.161 e. The molecule has 0 unspecified atom stereocenters. The van der Waals surface area contributed by atoms with Crippen LogP contribution in [-0.2, 0) is 13.1 Å². The van der Waals surface area contributed by atoms with Crippen molar-refractivity contribution in [3.63, 3.8) is 0 Å². The molecule has 0 atom stereocenters. The van der Waals surface area contributed by atoms with E-state index in [1.54, 1.807) is 37.3 Å². The number of rotatable bonds is 7. The average Bonchev–Trinajstić information content (AvgIpc) is 3.72. The highest BCUT2D eigenvalue weighted by atomic mass is 19.1. The second-order valence-corrected chi connectivity index (χ2v) is 9.52. The lowest BCUT2D eigenvalue weighted by atomic mass is 10.1. The van der Waals surface area contributed by atoms with E-state index < -0.39 is 5.82 Å². The van der Waals surface area contributed by atoms with Gasteiger partial charge in [-0.2, -0.15) is 5.10 Å². The van der Waals surface area contributed by atoms with Gasteiger partial charge in [0.25, 0.3) is 0 Å². The van der Waals surface area contributed by atoms with Gasteiger partial charge in [0.1, 0.15) is 16.9 Å². The molecule has 0 radical (unpaired) electrons. The number of H-pyrrole nitrogens is 2. The Labute approximate surface area is 227 Å². The van der Waals surface area contributed by atoms with Crippen molar-refractivity contribution in [1.29, 1.82) is 0 Å². The van der Waals surface area contributed by atoms with Crippen molar-refractivity contribution in [3.8, 4) is 28.5 Å². The lowest BCUT2D eigenvalue weighted by molar-refractivity contribution is 0.638. The Balaban J connectivity index is 1.23. The summed E-state index contributed by atoms with van der Waals surface area (Å²) in [6.07, 6.45) is 12.0. The van der Waals surface area contributed by atoms with E-state index in [0.717, 1.165) is 23.5 Å². The number of halogens is 1. The van der Waals surface area contributed by atoms with Crippen molar-refractivity contribution in [2.45, 2.75) is 20.0 Å². The molecular formula is C29H23FN10. The number of benzene rings is 1. The third kappa shape index (κ3) is 4.28. The Morgan fingerprint density at radius 3 is 2.60 bits per heavy atom. The summed E-state index contributed by atoms with van der Waals surface area (Å²) in [4.78, 5) is 25.4. The largest absolute Gasteiger partial charge is 0.335 e. The molecule has 0 saturated carbocycles. The number of imidazole rings is 2. The molecular weight excluding hydrogens is 507 g/mol. The summed E-state index contributed by atoms with van der Waals surface area (Å²) >= 11 is 0. The van der Waals surface area contributed by atoms with E-state index in [1.165, 1.54) is 5.56 Å². The normalized spacial score (nSPS) is 11.6. The first-order valence-electron chi connectivity index (χ1n) is 12.7. The van der Waals surface area contributed by atoms with E-state index in [0.29, 0.717) is 45.6 Å². The van der Waals surface area contributed by atoms with Gasteiger partial charge in [-0.1, -0.05) is 30.3 Å². The molecule has 0 amide bonds. The zero-order valence-electron chi connectivity index (χ0n) is 21.4. The van der Waals surface area contributed by atoms with Crippen LogP contribution in [0.5, 0.6) is 0 Å². The van der Waals surface area contributed by atoms with Gasteiger partial charge in [-0.05, 0) is 24.1 Å². The summed E-state index contributed by atoms with van der Waals surface area (Å²) < 4.78 is 18.0. The SMILES string of the molecule is Cc1cn(-c2cncc3[nH]c(-c4n[nH]c5cnc(-c6cncc(CNCc7ccccc7)c6)c(F)c45)nc23)cn1. The van der Waals surface area contributed by atoms with Crippen LogP contribution in [0.2, 0.25) is 0 Å². The lowest BCUT2D eigenvalue weighted by Crippen LogP contribution is -2.12.